The van der Waals surface area contributed by atoms with Crippen LogP contribution in [0.15, 0.2) is 65.8 Å². The van der Waals surface area contributed by atoms with Crippen LogP contribution in [0.1, 0.15) is 30.0 Å². The fourth-order valence-electron chi connectivity index (χ4n) is 3.54. The highest BCUT2D eigenvalue weighted by atomic mass is 32.2. The van der Waals surface area contributed by atoms with Gasteiger partial charge >= 0.3 is 0 Å². The summed E-state index contributed by atoms with van der Waals surface area (Å²) in [5, 5.41) is 4.26. The molecule has 168 valence electrons. The summed E-state index contributed by atoms with van der Waals surface area (Å²) in [6, 6.07) is 16.0. The predicted molar refractivity (Wildman–Crippen MR) is 118 cm³/mol. The Morgan fingerprint density at radius 3 is 1.84 bits per heavy atom. The zero-order valence-corrected chi connectivity index (χ0v) is 18.8. The lowest BCUT2D eigenvalue weighted by molar-refractivity contribution is -0.126. The molecule has 0 aliphatic heterocycles. The van der Waals surface area contributed by atoms with Crippen LogP contribution >= 0.6 is 0 Å². The minimum Gasteiger partial charge on any atom is -0.497 e. The fourth-order valence-corrected chi connectivity index (χ4v) is 4.87. The number of hydrogen-bond acceptors (Lipinski definition) is 6. The van der Waals surface area contributed by atoms with E-state index in [4.69, 9.17) is 9.47 Å². The molecule has 2 aromatic carbocycles. The molecule has 0 amide bonds. The van der Waals surface area contributed by atoms with E-state index in [0.29, 0.717) is 24.3 Å². The van der Waals surface area contributed by atoms with Gasteiger partial charge in [0.15, 0.2) is 5.03 Å². The molecule has 0 atom stereocenters. The number of sulfonamides is 1. The van der Waals surface area contributed by atoms with Crippen LogP contribution in [-0.4, -0.2) is 42.5 Å². The summed E-state index contributed by atoms with van der Waals surface area (Å²) in [5.41, 5.74) is 1.65. The Morgan fingerprint density at radius 1 is 0.906 bits per heavy atom. The molecule has 8 nitrogen and oxygen atoms in total. The van der Waals surface area contributed by atoms with E-state index in [9.17, 15) is 13.2 Å². The molecule has 0 radical (unpaired) electrons. The maximum atomic E-state index is 13.5. The lowest BCUT2D eigenvalue weighted by atomic mass is 9.92. The highest BCUT2D eigenvalue weighted by Gasteiger charge is 2.32. The number of carbonyl (C=O) groups is 1. The van der Waals surface area contributed by atoms with Gasteiger partial charge in [0, 0.05) is 32.1 Å². The molecule has 1 aliphatic rings. The van der Waals surface area contributed by atoms with Crippen molar-refractivity contribution in [1.29, 1.82) is 0 Å². The van der Waals surface area contributed by atoms with Gasteiger partial charge in [0.25, 0.3) is 10.0 Å². The third kappa shape index (κ3) is 4.68. The second-order valence-electron chi connectivity index (χ2n) is 7.70. The van der Waals surface area contributed by atoms with E-state index in [1.807, 2.05) is 24.3 Å². The molecule has 1 aliphatic carbocycles. The Labute approximate surface area is 187 Å². The summed E-state index contributed by atoms with van der Waals surface area (Å²) in [5.74, 6) is 1.56. The van der Waals surface area contributed by atoms with E-state index in [0.717, 1.165) is 11.1 Å². The number of methoxy groups -OCH3 is 2. The van der Waals surface area contributed by atoms with Crippen molar-refractivity contribution in [2.24, 2.45) is 0 Å². The molecule has 1 heterocycles. The van der Waals surface area contributed by atoms with Crippen molar-refractivity contribution in [2.75, 3.05) is 14.2 Å². The molecular formula is C23H25N3O5S. The van der Waals surface area contributed by atoms with Crippen LogP contribution in [0.5, 0.6) is 11.5 Å². The van der Waals surface area contributed by atoms with Gasteiger partial charge in [-0.1, -0.05) is 24.3 Å². The van der Waals surface area contributed by atoms with Crippen LogP contribution in [0.25, 0.3) is 0 Å². The number of ether oxygens (including phenoxy) is 2. The van der Waals surface area contributed by atoms with Gasteiger partial charge in [0.1, 0.15) is 17.3 Å². The minimum atomic E-state index is -3.89. The quantitative estimate of drug-likeness (QED) is 0.492. The largest absolute Gasteiger partial charge is 0.497 e. The van der Waals surface area contributed by atoms with Gasteiger partial charge in [0.2, 0.25) is 0 Å². The van der Waals surface area contributed by atoms with Crippen molar-refractivity contribution >= 4 is 15.8 Å². The summed E-state index contributed by atoms with van der Waals surface area (Å²) in [4.78, 5) is 11.3. The van der Waals surface area contributed by atoms with Crippen LogP contribution in [-0.2, 0) is 27.9 Å². The Hall–Kier alpha value is -3.17. The van der Waals surface area contributed by atoms with Gasteiger partial charge in [-0.3, -0.25) is 9.48 Å². The Bertz CT molecular complexity index is 1130. The third-order valence-electron chi connectivity index (χ3n) is 5.52. The second kappa shape index (κ2) is 9.13. The van der Waals surface area contributed by atoms with Crippen LogP contribution in [0.4, 0.5) is 0 Å². The molecule has 1 aromatic heterocycles. The molecule has 1 saturated carbocycles. The van der Waals surface area contributed by atoms with Crippen LogP contribution < -0.4 is 9.47 Å². The van der Waals surface area contributed by atoms with Crippen molar-refractivity contribution in [1.82, 2.24) is 14.1 Å². The maximum absolute atomic E-state index is 13.5. The molecule has 0 saturated heterocycles. The monoisotopic (exact) mass is 455 g/mol. The van der Waals surface area contributed by atoms with Gasteiger partial charge in [0.05, 0.1) is 20.3 Å². The normalized spacial score (nSPS) is 14.4. The zero-order valence-electron chi connectivity index (χ0n) is 18.0. The highest BCUT2D eigenvalue weighted by Crippen LogP contribution is 2.29. The number of carbonyl (C=O) groups excluding carboxylic acids is 1. The first-order valence-electron chi connectivity index (χ1n) is 10.2. The summed E-state index contributed by atoms with van der Waals surface area (Å²) < 4.78 is 40.4. The molecular weight excluding hydrogens is 430 g/mol. The van der Waals surface area contributed by atoms with Crippen molar-refractivity contribution < 1.29 is 22.7 Å². The summed E-state index contributed by atoms with van der Waals surface area (Å²) >= 11 is 0. The number of aromatic nitrogens is 2. The Morgan fingerprint density at radius 2 is 1.41 bits per heavy atom. The lowest BCUT2D eigenvalue weighted by Crippen LogP contribution is -2.31. The molecule has 0 unspecified atom stereocenters. The first-order chi connectivity index (χ1) is 15.4. The summed E-state index contributed by atoms with van der Waals surface area (Å²) in [7, 11) is -0.716. The fraction of sp³-hybridized carbons (Fsp3) is 0.304. The minimum absolute atomic E-state index is 0.0288. The molecule has 0 bridgehead atoms. The van der Waals surface area contributed by atoms with Crippen LogP contribution in [0.3, 0.4) is 0 Å². The standard InChI is InChI=1S/C23H25N3O5S/c1-30-21-7-3-17(4-8-21)15-25(16-18-5-9-22(31-2)10-6-18)32(28,29)23-11-12-26(24-23)19-13-20(27)14-19/h3-12,19H,13-16H2,1-2H3. The van der Waals surface area contributed by atoms with E-state index < -0.39 is 10.0 Å². The van der Waals surface area contributed by atoms with Crippen molar-refractivity contribution in [3.8, 4) is 11.5 Å². The number of nitrogens with zero attached hydrogens (tertiary/aromatic N) is 3. The second-order valence-corrected chi connectivity index (χ2v) is 9.59. The lowest BCUT2D eigenvalue weighted by Gasteiger charge is -2.24. The van der Waals surface area contributed by atoms with Gasteiger partial charge in [-0.2, -0.15) is 9.40 Å². The average Bonchev–Trinajstić information content (AvgIpc) is 3.28. The van der Waals surface area contributed by atoms with Crippen LogP contribution in [0, 0.1) is 0 Å². The van der Waals surface area contributed by atoms with Gasteiger partial charge in [-0.15, -0.1) is 0 Å². The number of rotatable bonds is 9. The van der Waals surface area contributed by atoms with Gasteiger partial charge in [-0.25, -0.2) is 8.42 Å². The molecule has 32 heavy (non-hydrogen) atoms. The van der Waals surface area contributed by atoms with Crippen LogP contribution in [0.2, 0.25) is 0 Å². The van der Waals surface area contributed by atoms with Crippen molar-refractivity contribution in [2.45, 2.75) is 37.0 Å². The number of Topliss-reactive ketones (excluding diaryl/α,β-unsaturated/α-hetero) is 1. The van der Waals surface area contributed by atoms with E-state index >= 15 is 0 Å². The molecule has 1 fully saturated rings. The smallest absolute Gasteiger partial charge is 0.262 e. The summed E-state index contributed by atoms with van der Waals surface area (Å²) in [6.07, 6.45) is 2.41. The first-order valence-corrected chi connectivity index (χ1v) is 11.7. The number of benzene rings is 2. The van der Waals surface area contributed by atoms with E-state index in [1.54, 1.807) is 49.4 Å². The average molecular weight is 456 g/mol. The molecule has 3 aromatic rings. The molecule has 9 heteroatoms. The Kier molecular flexibility index (Phi) is 6.29. The maximum Gasteiger partial charge on any atom is 0.262 e. The van der Waals surface area contributed by atoms with Gasteiger partial charge < -0.3 is 9.47 Å². The number of ketones is 1. The van der Waals surface area contributed by atoms with E-state index in [-0.39, 0.29) is 29.9 Å². The topological polar surface area (TPSA) is 90.7 Å². The highest BCUT2D eigenvalue weighted by molar-refractivity contribution is 7.89. The third-order valence-corrected chi connectivity index (χ3v) is 7.21. The van der Waals surface area contributed by atoms with Crippen molar-refractivity contribution in [3.63, 3.8) is 0 Å². The first kappa shape index (κ1) is 22.0. The molecule has 0 N–H and O–H groups in total. The number of hydrogen-bond donors (Lipinski definition) is 0. The van der Waals surface area contributed by atoms with E-state index in [1.165, 1.54) is 10.4 Å². The predicted octanol–water partition coefficient (Wildman–Crippen LogP) is 3.20. The molecule has 0 spiro atoms. The summed E-state index contributed by atoms with van der Waals surface area (Å²) in [6.45, 7) is 0.347. The Balaban J connectivity index is 1.62. The SMILES string of the molecule is COc1ccc(CN(Cc2ccc(OC)cc2)S(=O)(=O)c2ccn(C3CC(=O)C3)n2)cc1. The van der Waals surface area contributed by atoms with Crippen molar-refractivity contribution in [3.05, 3.63) is 71.9 Å². The van der Waals surface area contributed by atoms with Gasteiger partial charge in [-0.05, 0) is 41.5 Å². The zero-order chi connectivity index (χ0) is 22.7. The molecule has 4 rings (SSSR count). The van der Waals surface area contributed by atoms with E-state index in [2.05, 4.69) is 5.10 Å².